The highest BCUT2D eigenvalue weighted by Crippen LogP contribution is 2.28. The Labute approximate surface area is 182 Å². The van der Waals surface area contributed by atoms with Gasteiger partial charge in [-0.05, 0) is 54.5 Å². The number of benzene rings is 2. The molecule has 7 nitrogen and oxygen atoms in total. The number of hydrogen-bond donors (Lipinski definition) is 0. The minimum Gasteiger partial charge on any atom is -0.494 e. The molecule has 0 aliphatic rings. The van der Waals surface area contributed by atoms with Gasteiger partial charge in [-0.3, -0.25) is 4.79 Å². The van der Waals surface area contributed by atoms with Crippen LogP contribution in [0.1, 0.15) is 23.9 Å². The zero-order valence-electron chi connectivity index (χ0n) is 17.4. The van der Waals surface area contributed by atoms with Gasteiger partial charge in [0, 0.05) is 0 Å². The molecule has 2 aromatic heterocycles. The quantitative estimate of drug-likeness (QED) is 0.444. The molecule has 0 fully saturated rings. The maximum Gasteiger partial charge on any atom is 0.291 e. The monoisotopic (exact) mass is 435 g/mol. The van der Waals surface area contributed by atoms with Crippen LogP contribution in [0.2, 0.25) is 0 Å². The van der Waals surface area contributed by atoms with E-state index in [1.807, 2.05) is 61.5 Å². The SMILES string of the molecule is CCOc1ccc(/C=c2\sc3nc(/C=C/c4ccc(OC)c(OC)c4)nn3c2=O)cc1. The van der Waals surface area contributed by atoms with Gasteiger partial charge >= 0.3 is 0 Å². The molecule has 158 valence electrons. The molecule has 0 atom stereocenters. The molecule has 0 radical (unpaired) electrons. The summed E-state index contributed by atoms with van der Waals surface area (Å²) in [6.07, 6.45) is 5.45. The van der Waals surface area contributed by atoms with E-state index in [0.29, 0.717) is 33.4 Å². The summed E-state index contributed by atoms with van der Waals surface area (Å²) in [7, 11) is 3.19. The standard InChI is InChI=1S/C23H21N3O4S/c1-4-30-17-9-5-16(6-10-17)14-20-22(27)26-23(31-20)24-21(25-26)12-8-15-7-11-18(28-2)19(13-15)29-3/h5-14H,4H2,1-3H3/b12-8+,20-14-. The van der Waals surface area contributed by atoms with E-state index in [2.05, 4.69) is 10.1 Å². The van der Waals surface area contributed by atoms with Crippen LogP contribution in [0.25, 0.3) is 23.2 Å². The molecule has 4 rings (SSSR count). The van der Waals surface area contributed by atoms with Crippen LogP contribution < -0.4 is 24.3 Å². The molecule has 31 heavy (non-hydrogen) atoms. The summed E-state index contributed by atoms with van der Waals surface area (Å²) < 4.78 is 17.9. The van der Waals surface area contributed by atoms with Crippen molar-refractivity contribution in [3.63, 3.8) is 0 Å². The molecule has 2 heterocycles. The van der Waals surface area contributed by atoms with Crippen molar-refractivity contribution in [2.45, 2.75) is 6.92 Å². The summed E-state index contributed by atoms with van der Waals surface area (Å²) in [6.45, 7) is 2.56. The maximum absolute atomic E-state index is 12.7. The third kappa shape index (κ3) is 4.44. The van der Waals surface area contributed by atoms with Crippen LogP contribution in [0.5, 0.6) is 17.2 Å². The average Bonchev–Trinajstić information content (AvgIpc) is 3.32. The zero-order chi connectivity index (χ0) is 21.8. The predicted molar refractivity (Wildman–Crippen MR) is 122 cm³/mol. The van der Waals surface area contributed by atoms with Crippen LogP contribution in [0, 0.1) is 0 Å². The van der Waals surface area contributed by atoms with Gasteiger partial charge in [0.15, 0.2) is 17.3 Å². The predicted octanol–water partition coefficient (Wildman–Crippen LogP) is 3.29. The Bertz CT molecular complexity index is 1340. The van der Waals surface area contributed by atoms with Gasteiger partial charge < -0.3 is 14.2 Å². The fourth-order valence-electron chi connectivity index (χ4n) is 3.03. The van der Waals surface area contributed by atoms with Gasteiger partial charge in [0.1, 0.15) is 5.75 Å². The van der Waals surface area contributed by atoms with Crippen molar-refractivity contribution < 1.29 is 14.2 Å². The third-order valence-corrected chi connectivity index (χ3v) is 5.48. The number of ether oxygens (including phenoxy) is 3. The van der Waals surface area contributed by atoms with E-state index >= 15 is 0 Å². The minimum atomic E-state index is -0.188. The van der Waals surface area contributed by atoms with Gasteiger partial charge in [0.05, 0.1) is 25.4 Å². The van der Waals surface area contributed by atoms with E-state index in [1.54, 1.807) is 20.3 Å². The molecule has 0 saturated heterocycles. The molecule has 2 aromatic carbocycles. The lowest BCUT2D eigenvalue weighted by Gasteiger charge is -2.07. The van der Waals surface area contributed by atoms with E-state index in [-0.39, 0.29) is 5.56 Å². The topological polar surface area (TPSA) is 74.9 Å². The van der Waals surface area contributed by atoms with Gasteiger partial charge in [-0.1, -0.05) is 35.6 Å². The highest BCUT2D eigenvalue weighted by Gasteiger charge is 2.09. The van der Waals surface area contributed by atoms with Crippen molar-refractivity contribution >= 4 is 34.5 Å². The van der Waals surface area contributed by atoms with Crippen LogP contribution in [0.15, 0.2) is 47.3 Å². The summed E-state index contributed by atoms with van der Waals surface area (Å²) >= 11 is 1.31. The Morgan fingerprint density at radius 3 is 2.42 bits per heavy atom. The second-order valence-corrected chi connectivity index (χ2v) is 7.54. The second-order valence-electron chi connectivity index (χ2n) is 6.53. The fraction of sp³-hybridized carbons (Fsp3) is 0.174. The number of thiazole rings is 1. The normalized spacial score (nSPS) is 12.0. The summed E-state index contributed by atoms with van der Waals surface area (Å²) in [5.41, 5.74) is 1.63. The van der Waals surface area contributed by atoms with Gasteiger partial charge in [-0.15, -0.1) is 5.10 Å². The van der Waals surface area contributed by atoms with Gasteiger partial charge in [0.25, 0.3) is 5.56 Å². The van der Waals surface area contributed by atoms with Gasteiger partial charge in [0.2, 0.25) is 4.96 Å². The Morgan fingerprint density at radius 1 is 1.00 bits per heavy atom. The fourth-order valence-corrected chi connectivity index (χ4v) is 3.94. The number of hydrogen-bond acceptors (Lipinski definition) is 7. The molecule has 0 amide bonds. The van der Waals surface area contributed by atoms with Crippen molar-refractivity contribution in [3.05, 3.63) is 74.3 Å². The molecule has 8 heteroatoms. The van der Waals surface area contributed by atoms with E-state index in [0.717, 1.165) is 16.9 Å². The Kier molecular flexibility index (Phi) is 5.99. The van der Waals surface area contributed by atoms with E-state index < -0.39 is 0 Å². The third-order valence-electron chi connectivity index (χ3n) is 4.52. The maximum atomic E-state index is 12.7. The van der Waals surface area contributed by atoms with Gasteiger partial charge in [-0.25, -0.2) is 0 Å². The largest absolute Gasteiger partial charge is 0.494 e. The van der Waals surface area contributed by atoms with E-state index in [4.69, 9.17) is 14.2 Å². The molecule has 0 spiro atoms. The molecular weight excluding hydrogens is 414 g/mol. The molecule has 0 aliphatic heterocycles. The molecule has 0 unspecified atom stereocenters. The van der Waals surface area contributed by atoms with Crippen molar-refractivity contribution in [2.75, 3.05) is 20.8 Å². The summed E-state index contributed by atoms with van der Waals surface area (Å²) in [5.74, 6) is 2.56. The van der Waals surface area contributed by atoms with Crippen LogP contribution in [-0.2, 0) is 0 Å². The number of aromatic nitrogens is 3. The number of methoxy groups -OCH3 is 2. The lowest BCUT2D eigenvalue weighted by atomic mass is 10.2. The van der Waals surface area contributed by atoms with Crippen molar-refractivity contribution in [1.82, 2.24) is 14.6 Å². The molecule has 4 aromatic rings. The van der Waals surface area contributed by atoms with E-state index in [9.17, 15) is 4.79 Å². The van der Waals surface area contributed by atoms with Crippen LogP contribution >= 0.6 is 11.3 Å². The molecule has 0 saturated carbocycles. The number of fused-ring (bicyclic) bond motifs is 1. The first kappa shape index (κ1) is 20.6. The zero-order valence-corrected chi connectivity index (χ0v) is 18.2. The summed E-state index contributed by atoms with van der Waals surface area (Å²) in [6, 6.07) is 13.2. The first-order valence-electron chi connectivity index (χ1n) is 9.65. The van der Waals surface area contributed by atoms with Gasteiger partial charge in [-0.2, -0.15) is 9.50 Å². The molecule has 0 aliphatic carbocycles. The van der Waals surface area contributed by atoms with Crippen LogP contribution in [-0.4, -0.2) is 35.4 Å². The van der Waals surface area contributed by atoms with Crippen molar-refractivity contribution in [1.29, 1.82) is 0 Å². The second kappa shape index (κ2) is 9.01. The number of rotatable bonds is 7. The van der Waals surface area contributed by atoms with Crippen molar-refractivity contribution in [3.8, 4) is 17.2 Å². The minimum absolute atomic E-state index is 0.188. The first-order chi connectivity index (χ1) is 15.1. The van der Waals surface area contributed by atoms with E-state index in [1.165, 1.54) is 15.9 Å². The summed E-state index contributed by atoms with van der Waals surface area (Å²) in [4.78, 5) is 17.7. The average molecular weight is 436 g/mol. The highest BCUT2D eigenvalue weighted by molar-refractivity contribution is 7.15. The Hall–Kier alpha value is -3.65. The number of nitrogens with zero attached hydrogens (tertiary/aromatic N) is 3. The smallest absolute Gasteiger partial charge is 0.291 e. The first-order valence-corrected chi connectivity index (χ1v) is 10.5. The lowest BCUT2D eigenvalue weighted by Crippen LogP contribution is -2.23. The molecular formula is C23H21N3O4S. The molecule has 0 bridgehead atoms. The highest BCUT2D eigenvalue weighted by atomic mass is 32.1. The van der Waals surface area contributed by atoms with Crippen molar-refractivity contribution in [2.24, 2.45) is 0 Å². The summed E-state index contributed by atoms with van der Waals surface area (Å²) in [5, 5.41) is 4.33. The lowest BCUT2D eigenvalue weighted by molar-refractivity contribution is 0.340. The van der Waals surface area contributed by atoms with Crippen LogP contribution in [0.3, 0.4) is 0 Å². The molecule has 0 N–H and O–H groups in total. The van der Waals surface area contributed by atoms with Crippen LogP contribution in [0.4, 0.5) is 0 Å². The Balaban J connectivity index is 1.59. The Morgan fingerprint density at radius 2 is 1.74 bits per heavy atom.